The van der Waals surface area contributed by atoms with Crippen LogP contribution in [0.2, 0.25) is 5.02 Å². The molecule has 1 unspecified atom stereocenters. The number of amides is 1. The van der Waals surface area contributed by atoms with Crippen LogP contribution < -0.4 is 4.90 Å². The van der Waals surface area contributed by atoms with E-state index in [-0.39, 0.29) is 5.91 Å². The summed E-state index contributed by atoms with van der Waals surface area (Å²) in [6, 6.07) is 3.78. The van der Waals surface area contributed by atoms with Gasteiger partial charge in [0.1, 0.15) is 5.58 Å². The second-order valence-electron chi connectivity index (χ2n) is 6.84. The smallest absolute Gasteiger partial charge is 0.248 e. The predicted molar refractivity (Wildman–Crippen MR) is 96.4 cm³/mol. The molecule has 0 bridgehead atoms. The summed E-state index contributed by atoms with van der Waals surface area (Å²) in [5.74, 6) is 0.529. The number of furan rings is 1. The second kappa shape index (κ2) is 6.17. The summed E-state index contributed by atoms with van der Waals surface area (Å²) >= 11 is 6.51. The molecule has 2 aliphatic rings. The third-order valence-electron chi connectivity index (χ3n) is 4.92. The van der Waals surface area contributed by atoms with Crippen LogP contribution in [0.1, 0.15) is 25.3 Å². The Bertz CT molecular complexity index is 805. The molecule has 1 atom stereocenters. The summed E-state index contributed by atoms with van der Waals surface area (Å²) in [5.41, 5.74) is 2.99. The fourth-order valence-corrected chi connectivity index (χ4v) is 4.05. The highest BCUT2D eigenvalue weighted by Gasteiger charge is 2.25. The Morgan fingerprint density at radius 1 is 1.33 bits per heavy atom. The van der Waals surface area contributed by atoms with Gasteiger partial charge < -0.3 is 14.2 Å². The lowest BCUT2D eigenvalue weighted by molar-refractivity contribution is -0.125. The van der Waals surface area contributed by atoms with E-state index in [9.17, 15) is 4.79 Å². The maximum atomic E-state index is 12.3. The number of nitrogens with zero attached hydrogens (tertiary/aromatic N) is 2. The van der Waals surface area contributed by atoms with Gasteiger partial charge in [0.15, 0.2) is 0 Å². The van der Waals surface area contributed by atoms with Crippen molar-refractivity contribution in [3.05, 3.63) is 41.3 Å². The number of likely N-dealkylation sites (tertiary alicyclic amines) is 1. The quantitative estimate of drug-likeness (QED) is 0.765. The molecule has 3 heterocycles. The van der Waals surface area contributed by atoms with Crippen LogP contribution in [0.3, 0.4) is 0 Å². The van der Waals surface area contributed by atoms with Gasteiger partial charge in [-0.05, 0) is 37.3 Å². The van der Waals surface area contributed by atoms with E-state index in [4.69, 9.17) is 16.0 Å². The minimum Gasteiger partial charge on any atom is -0.464 e. The molecule has 1 aromatic carbocycles. The normalized spacial score (nSPS) is 21.0. The molecule has 1 fully saturated rings. The van der Waals surface area contributed by atoms with E-state index < -0.39 is 0 Å². The molecule has 2 aromatic rings. The molecule has 1 aromatic heterocycles. The van der Waals surface area contributed by atoms with E-state index in [0.29, 0.717) is 10.9 Å². The van der Waals surface area contributed by atoms with Crippen LogP contribution in [0.5, 0.6) is 0 Å². The number of halogens is 1. The Kier molecular flexibility index (Phi) is 4.01. The summed E-state index contributed by atoms with van der Waals surface area (Å²) in [6.07, 6.45) is 8.56. The average Bonchev–Trinajstić information content (AvgIpc) is 3.19. The Morgan fingerprint density at radius 2 is 2.12 bits per heavy atom. The molecule has 0 aliphatic carbocycles. The topological polar surface area (TPSA) is 36.7 Å². The van der Waals surface area contributed by atoms with Crippen LogP contribution in [-0.2, 0) is 11.2 Å². The summed E-state index contributed by atoms with van der Waals surface area (Å²) < 4.78 is 5.69. The van der Waals surface area contributed by atoms with Crippen LogP contribution in [-0.4, -0.2) is 30.4 Å². The Labute approximate surface area is 146 Å². The predicted octanol–water partition coefficient (Wildman–Crippen LogP) is 4.22. The first kappa shape index (κ1) is 15.6. The number of carbonyl (C=O) groups is 1. The minimum atomic E-state index is 0.0834. The lowest BCUT2D eigenvalue weighted by Gasteiger charge is -2.23. The van der Waals surface area contributed by atoms with Gasteiger partial charge in [-0.1, -0.05) is 18.5 Å². The fourth-order valence-electron chi connectivity index (χ4n) is 3.78. The summed E-state index contributed by atoms with van der Waals surface area (Å²) in [7, 11) is 0. The van der Waals surface area contributed by atoms with Crippen molar-refractivity contribution < 1.29 is 9.21 Å². The van der Waals surface area contributed by atoms with E-state index in [0.717, 1.165) is 55.6 Å². The number of benzene rings is 1. The Morgan fingerprint density at radius 3 is 2.92 bits per heavy atom. The highest BCUT2D eigenvalue weighted by Crippen LogP contribution is 2.41. The van der Waals surface area contributed by atoms with Crippen molar-refractivity contribution in [1.29, 1.82) is 0 Å². The lowest BCUT2D eigenvalue weighted by Crippen LogP contribution is -2.27. The van der Waals surface area contributed by atoms with Gasteiger partial charge in [0.2, 0.25) is 5.91 Å². The summed E-state index contributed by atoms with van der Waals surface area (Å²) in [4.78, 5) is 16.4. The molecule has 1 amide bonds. The molecular formula is C19H21ClN2O2. The number of hydrogen-bond donors (Lipinski definition) is 0. The number of anilines is 1. The highest BCUT2D eigenvalue weighted by atomic mass is 35.5. The average molecular weight is 345 g/mol. The standard InChI is InChI=1S/C19H21ClN2O2/c1-13-10-14-12-24-16-5-4-15(20)19(18(14)16)22(11-13)9-6-17(23)21-7-2-3-8-21/h4-6,9,12-13H,2-3,7-8,10-11H2,1H3. The van der Waals surface area contributed by atoms with E-state index in [1.807, 2.05) is 29.5 Å². The fraction of sp³-hybridized carbons (Fsp3) is 0.421. The molecule has 2 aliphatic heterocycles. The largest absolute Gasteiger partial charge is 0.464 e. The molecule has 126 valence electrons. The first-order valence-corrected chi connectivity index (χ1v) is 8.93. The van der Waals surface area contributed by atoms with E-state index >= 15 is 0 Å². The van der Waals surface area contributed by atoms with Crippen LogP contribution in [0.25, 0.3) is 11.0 Å². The van der Waals surface area contributed by atoms with Crippen molar-refractivity contribution in [3.8, 4) is 0 Å². The molecule has 5 heteroatoms. The molecule has 24 heavy (non-hydrogen) atoms. The molecule has 0 spiro atoms. The first-order valence-electron chi connectivity index (χ1n) is 8.56. The van der Waals surface area contributed by atoms with Crippen LogP contribution in [0.4, 0.5) is 5.69 Å². The third-order valence-corrected chi connectivity index (χ3v) is 5.22. The van der Waals surface area contributed by atoms with Gasteiger partial charge in [-0.3, -0.25) is 4.79 Å². The van der Waals surface area contributed by atoms with E-state index in [1.54, 1.807) is 6.08 Å². The van der Waals surface area contributed by atoms with Crippen molar-refractivity contribution in [1.82, 2.24) is 4.90 Å². The zero-order chi connectivity index (χ0) is 16.7. The van der Waals surface area contributed by atoms with Crippen molar-refractivity contribution in [3.63, 3.8) is 0 Å². The zero-order valence-corrected chi connectivity index (χ0v) is 14.6. The van der Waals surface area contributed by atoms with Gasteiger partial charge in [0.25, 0.3) is 0 Å². The van der Waals surface area contributed by atoms with Gasteiger partial charge in [-0.2, -0.15) is 0 Å². The number of carbonyl (C=O) groups excluding carboxylic acids is 1. The van der Waals surface area contributed by atoms with Crippen LogP contribution in [0, 0.1) is 5.92 Å². The molecular weight excluding hydrogens is 324 g/mol. The minimum absolute atomic E-state index is 0.0834. The van der Waals surface area contributed by atoms with Gasteiger partial charge >= 0.3 is 0 Å². The molecule has 0 saturated carbocycles. The van der Waals surface area contributed by atoms with E-state index in [1.165, 1.54) is 5.56 Å². The Hall–Kier alpha value is -1.94. The van der Waals surface area contributed by atoms with Crippen molar-refractivity contribution in [2.75, 3.05) is 24.5 Å². The first-order chi connectivity index (χ1) is 11.6. The van der Waals surface area contributed by atoms with Gasteiger partial charge in [0.05, 0.1) is 17.0 Å². The molecule has 4 nitrogen and oxygen atoms in total. The van der Waals surface area contributed by atoms with Crippen LogP contribution >= 0.6 is 11.6 Å². The maximum absolute atomic E-state index is 12.3. The molecule has 4 rings (SSSR count). The monoisotopic (exact) mass is 344 g/mol. The zero-order valence-electron chi connectivity index (χ0n) is 13.8. The van der Waals surface area contributed by atoms with Gasteiger partial charge in [-0.25, -0.2) is 0 Å². The summed E-state index contributed by atoms with van der Waals surface area (Å²) in [5, 5.41) is 1.77. The molecule has 0 N–H and O–H groups in total. The molecule has 0 radical (unpaired) electrons. The van der Waals surface area contributed by atoms with Crippen molar-refractivity contribution in [2.45, 2.75) is 26.2 Å². The second-order valence-corrected chi connectivity index (χ2v) is 7.25. The number of rotatable bonds is 2. The van der Waals surface area contributed by atoms with Gasteiger partial charge in [0, 0.05) is 42.9 Å². The summed E-state index contributed by atoms with van der Waals surface area (Å²) in [6.45, 7) is 4.77. The third kappa shape index (κ3) is 2.69. The van der Waals surface area contributed by atoms with Crippen LogP contribution in [0.15, 0.2) is 35.1 Å². The SMILES string of the molecule is CC1Cc2coc3ccc(Cl)c(c23)N(C=CC(=O)N2CCCC2)C1. The Balaban J connectivity index is 1.72. The maximum Gasteiger partial charge on any atom is 0.248 e. The van der Waals surface area contributed by atoms with Crippen molar-refractivity contribution >= 4 is 34.2 Å². The van der Waals surface area contributed by atoms with Gasteiger partial charge in [-0.15, -0.1) is 0 Å². The number of hydrogen-bond acceptors (Lipinski definition) is 3. The highest BCUT2D eigenvalue weighted by molar-refractivity contribution is 6.35. The molecule has 1 saturated heterocycles. The lowest BCUT2D eigenvalue weighted by atomic mass is 10.0. The van der Waals surface area contributed by atoms with E-state index in [2.05, 4.69) is 11.8 Å². The van der Waals surface area contributed by atoms with Crippen molar-refractivity contribution in [2.24, 2.45) is 5.92 Å².